The fourth-order valence-electron chi connectivity index (χ4n) is 2.92. The second-order valence-corrected chi connectivity index (χ2v) is 6.11. The van der Waals surface area contributed by atoms with Gasteiger partial charge < -0.3 is 9.47 Å². The number of benzene rings is 3. The molecule has 0 N–H and O–H groups in total. The number of ether oxygens (including phenoxy) is 2. The molecule has 0 bridgehead atoms. The molecule has 0 aliphatic rings. The molecule has 0 unspecified atom stereocenters. The highest BCUT2D eigenvalue weighted by molar-refractivity contribution is 5.84. The summed E-state index contributed by atoms with van der Waals surface area (Å²) in [5.41, 5.74) is 0.900. The van der Waals surface area contributed by atoms with Crippen LogP contribution in [0.15, 0.2) is 73.1 Å². The van der Waals surface area contributed by atoms with Crippen molar-refractivity contribution in [1.29, 1.82) is 0 Å². The third kappa shape index (κ3) is 3.75. The van der Waals surface area contributed by atoms with E-state index in [2.05, 4.69) is 34.2 Å². The maximum absolute atomic E-state index is 5.86. The first kappa shape index (κ1) is 16.3. The summed E-state index contributed by atoms with van der Waals surface area (Å²) in [5, 5.41) is 3.37. The van der Waals surface area contributed by atoms with Crippen LogP contribution in [0, 0.1) is 0 Å². The van der Waals surface area contributed by atoms with Crippen molar-refractivity contribution in [3.63, 3.8) is 0 Å². The first-order valence-electron chi connectivity index (χ1n) is 8.84. The Kier molecular flexibility index (Phi) is 4.92. The van der Waals surface area contributed by atoms with Crippen LogP contribution in [0.5, 0.6) is 11.6 Å². The predicted molar refractivity (Wildman–Crippen MR) is 104 cm³/mol. The molecule has 1 heterocycles. The molecule has 4 heteroatoms. The Morgan fingerprint density at radius 2 is 1.46 bits per heavy atom. The highest BCUT2D eigenvalue weighted by Gasteiger charge is 2.03. The average molecular weight is 344 g/mol. The molecule has 4 nitrogen and oxygen atoms in total. The van der Waals surface area contributed by atoms with Gasteiger partial charge in [0.15, 0.2) is 0 Å². The van der Waals surface area contributed by atoms with Crippen LogP contribution in [0.3, 0.4) is 0 Å². The second-order valence-electron chi connectivity index (χ2n) is 6.11. The summed E-state index contributed by atoms with van der Waals surface area (Å²) in [4.78, 5) is 8.48. The first-order chi connectivity index (χ1) is 12.9. The van der Waals surface area contributed by atoms with Gasteiger partial charge in [0.25, 0.3) is 0 Å². The lowest BCUT2D eigenvalue weighted by molar-refractivity contribution is 0.263. The van der Waals surface area contributed by atoms with Crippen molar-refractivity contribution < 1.29 is 9.47 Å². The van der Waals surface area contributed by atoms with E-state index in [0.717, 1.165) is 29.5 Å². The van der Waals surface area contributed by atoms with Crippen molar-refractivity contribution in [1.82, 2.24) is 9.97 Å². The Labute approximate surface area is 152 Å². The Balaban J connectivity index is 1.25. The van der Waals surface area contributed by atoms with Gasteiger partial charge in [0.2, 0.25) is 5.88 Å². The molecule has 1 aromatic heterocycles. The number of fused-ring (bicyclic) bond motifs is 2. The van der Waals surface area contributed by atoms with E-state index in [0.29, 0.717) is 19.1 Å². The van der Waals surface area contributed by atoms with Crippen LogP contribution in [-0.4, -0.2) is 23.2 Å². The third-order valence-electron chi connectivity index (χ3n) is 4.27. The van der Waals surface area contributed by atoms with E-state index in [4.69, 9.17) is 9.47 Å². The van der Waals surface area contributed by atoms with Crippen molar-refractivity contribution in [2.24, 2.45) is 0 Å². The van der Waals surface area contributed by atoms with Crippen LogP contribution in [-0.2, 0) is 0 Å². The number of rotatable bonds is 7. The van der Waals surface area contributed by atoms with E-state index >= 15 is 0 Å². The quantitative estimate of drug-likeness (QED) is 0.442. The van der Waals surface area contributed by atoms with E-state index in [1.54, 1.807) is 6.33 Å². The Morgan fingerprint density at radius 1 is 0.692 bits per heavy atom. The fraction of sp³-hybridized carbons (Fsp3) is 0.182. The molecule has 0 aliphatic heterocycles. The zero-order valence-corrected chi connectivity index (χ0v) is 14.5. The first-order valence-corrected chi connectivity index (χ1v) is 8.84. The number of para-hydroxylation sites is 1. The topological polar surface area (TPSA) is 44.2 Å². The van der Waals surface area contributed by atoms with Gasteiger partial charge in [0.05, 0.1) is 24.1 Å². The van der Waals surface area contributed by atoms with E-state index in [-0.39, 0.29) is 0 Å². The van der Waals surface area contributed by atoms with Gasteiger partial charge >= 0.3 is 0 Å². The summed E-state index contributed by atoms with van der Waals surface area (Å²) in [6, 6.07) is 22.4. The summed E-state index contributed by atoms with van der Waals surface area (Å²) < 4.78 is 11.7. The standard InChI is InChI=1S/C22H20N2O2/c1-2-8-18-15-19(12-11-17(18)7-1)25-13-5-6-14-26-22-20-9-3-4-10-21(20)23-16-24-22/h1-4,7-12,15-16H,5-6,13-14H2. The van der Waals surface area contributed by atoms with Gasteiger partial charge in [0.1, 0.15) is 12.1 Å². The molecule has 0 saturated heterocycles. The summed E-state index contributed by atoms with van der Waals surface area (Å²) >= 11 is 0. The largest absolute Gasteiger partial charge is 0.494 e. The van der Waals surface area contributed by atoms with Gasteiger partial charge in [-0.2, -0.15) is 0 Å². The van der Waals surface area contributed by atoms with Gasteiger partial charge in [-0.05, 0) is 47.9 Å². The van der Waals surface area contributed by atoms with Crippen LogP contribution in [0.25, 0.3) is 21.7 Å². The van der Waals surface area contributed by atoms with Crippen LogP contribution in [0.2, 0.25) is 0 Å². The molecule has 0 radical (unpaired) electrons. The summed E-state index contributed by atoms with van der Waals surface area (Å²) in [6.45, 7) is 1.29. The van der Waals surface area contributed by atoms with Gasteiger partial charge in [-0.25, -0.2) is 9.97 Å². The van der Waals surface area contributed by atoms with Gasteiger partial charge in [-0.15, -0.1) is 0 Å². The molecule has 4 aromatic rings. The van der Waals surface area contributed by atoms with E-state index < -0.39 is 0 Å². The highest BCUT2D eigenvalue weighted by Crippen LogP contribution is 2.22. The molecule has 0 fully saturated rings. The van der Waals surface area contributed by atoms with E-state index in [1.807, 2.05) is 42.5 Å². The molecule has 0 spiro atoms. The normalized spacial score (nSPS) is 10.9. The molecule has 130 valence electrons. The SMILES string of the molecule is c1ccc2cc(OCCCCOc3ncnc4ccccc34)ccc2c1. The van der Waals surface area contributed by atoms with Crippen LogP contribution >= 0.6 is 0 Å². The van der Waals surface area contributed by atoms with Crippen molar-refractivity contribution in [2.45, 2.75) is 12.8 Å². The van der Waals surface area contributed by atoms with Crippen molar-refractivity contribution in [3.8, 4) is 11.6 Å². The molecule has 0 atom stereocenters. The number of unbranched alkanes of at least 4 members (excludes halogenated alkanes) is 1. The van der Waals surface area contributed by atoms with Gasteiger partial charge in [-0.3, -0.25) is 0 Å². The van der Waals surface area contributed by atoms with Crippen molar-refractivity contribution in [3.05, 3.63) is 73.1 Å². The molecular weight excluding hydrogens is 324 g/mol. The minimum absolute atomic E-state index is 0.613. The highest BCUT2D eigenvalue weighted by atomic mass is 16.5. The lowest BCUT2D eigenvalue weighted by Gasteiger charge is -2.09. The second kappa shape index (κ2) is 7.83. The molecule has 0 aliphatic carbocycles. The average Bonchev–Trinajstić information content (AvgIpc) is 2.70. The Bertz CT molecular complexity index is 1010. The van der Waals surface area contributed by atoms with Gasteiger partial charge in [0, 0.05) is 0 Å². The maximum Gasteiger partial charge on any atom is 0.224 e. The van der Waals surface area contributed by atoms with Crippen LogP contribution in [0.1, 0.15) is 12.8 Å². The number of hydrogen-bond acceptors (Lipinski definition) is 4. The lowest BCUT2D eigenvalue weighted by atomic mass is 10.1. The third-order valence-corrected chi connectivity index (χ3v) is 4.27. The van der Waals surface area contributed by atoms with E-state index in [1.165, 1.54) is 10.8 Å². The molecule has 4 rings (SSSR count). The number of hydrogen-bond donors (Lipinski definition) is 0. The minimum Gasteiger partial charge on any atom is -0.494 e. The Morgan fingerprint density at radius 3 is 2.38 bits per heavy atom. The lowest BCUT2D eigenvalue weighted by Crippen LogP contribution is -2.04. The van der Waals surface area contributed by atoms with Crippen LogP contribution < -0.4 is 9.47 Å². The van der Waals surface area contributed by atoms with E-state index in [9.17, 15) is 0 Å². The molecule has 0 amide bonds. The van der Waals surface area contributed by atoms with Gasteiger partial charge in [-0.1, -0.05) is 42.5 Å². The number of nitrogens with zero attached hydrogens (tertiary/aromatic N) is 2. The summed E-state index contributed by atoms with van der Waals surface area (Å²) in [7, 11) is 0. The Hall–Kier alpha value is -3.14. The fourth-order valence-corrected chi connectivity index (χ4v) is 2.92. The monoisotopic (exact) mass is 344 g/mol. The van der Waals surface area contributed by atoms with Crippen molar-refractivity contribution in [2.75, 3.05) is 13.2 Å². The zero-order valence-electron chi connectivity index (χ0n) is 14.5. The maximum atomic E-state index is 5.86. The molecular formula is C22H20N2O2. The predicted octanol–water partition coefficient (Wildman–Crippen LogP) is 5.02. The molecule has 3 aromatic carbocycles. The summed E-state index contributed by atoms with van der Waals surface area (Å²) in [5.74, 6) is 1.55. The molecule has 0 saturated carbocycles. The zero-order chi connectivity index (χ0) is 17.6. The smallest absolute Gasteiger partial charge is 0.224 e. The number of aromatic nitrogens is 2. The van der Waals surface area contributed by atoms with Crippen molar-refractivity contribution >= 4 is 21.7 Å². The minimum atomic E-state index is 0.613. The summed E-state index contributed by atoms with van der Waals surface area (Å²) in [6.07, 6.45) is 3.38. The van der Waals surface area contributed by atoms with Crippen LogP contribution in [0.4, 0.5) is 0 Å². The molecule has 26 heavy (non-hydrogen) atoms.